The highest BCUT2D eigenvalue weighted by molar-refractivity contribution is 5.75. The van der Waals surface area contributed by atoms with Crippen molar-refractivity contribution in [3.63, 3.8) is 0 Å². The van der Waals surface area contributed by atoms with Crippen molar-refractivity contribution >= 4 is 18.2 Å². The molecule has 0 aromatic heterocycles. The summed E-state index contributed by atoms with van der Waals surface area (Å²) in [5, 5.41) is 0. The zero-order chi connectivity index (χ0) is 10.7. The van der Waals surface area contributed by atoms with Crippen molar-refractivity contribution in [3.8, 4) is 5.75 Å². The molecule has 0 bridgehead atoms. The Labute approximate surface area is 90.4 Å². The summed E-state index contributed by atoms with van der Waals surface area (Å²) in [7, 11) is 0. The summed E-state index contributed by atoms with van der Waals surface area (Å²) < 4.78 is 5.64. The van der Waals surface area contributed by atoms with E-state index in [1.54, 1.807) is 0 Å². The molecule has 1 heteroatoms. The number of allylic oxidation sites excluding steroid dienone is 1. The summed E-state index contributed by atoms with van der Waals surface area (Å²) in [4.78, 5) is 0. The topological polar surface area (TPSA) is 9.23 Å². The lowest BCUT2D eigenvalue weighted by Gasteiger charge is -2.16. The summed E-state index contributed by atoms with van der Waals surface area (Å²) >= 11 is 0. The van der Waals surface area contributed by atoms with E-state index < -0.39 is 0 Å². The van der Waals surface area contributed by atoms with E-state index in [-0.39, 0.29) is 0 Å². The molecule has 0 radical (unpaired) electrons. The van der Waals surface area contributed by atoms with Gasteiger partial charge in [0.25, 0.3) is 0 Å². The molecule has 15 heavy (non-hydrogen) atoms. The lowest BCUT2D eigenvalue weighted by Crippen LogP contribution is -2.02. The fraction of sp³-hybridized carbons (Fsp3) is 0.143. The molecular formula is C14H14O. The lowest BCUT2D eigenvalue weighted by molar-refractivity contribution is 0.357. The van der Waals surface area contributed by atoms with Crippen LogP contribution in [0.2, 0.25) is 0 Å². The van der Waals surface area contributed by atoms with Crippen molar-refractivity contribution < 1.29 is 4.74 Å². The number of fused-ring (bicyclic) bond motifs is 1. The molecule has 0 atom stereocenters. The van der Waals surface area contributed by atoms with Crippen molar-refractivity contribution in [3.05, 3.63) is 47.6 Å². The van der Waals surface area contributed by atoms with Gasteiger partial charge < -0.3 is 4.74 Å². The number of rotatable bonds is 2. The summed E-state index contributed by atoms with van der Waals surface area (Å²) in [5.41, 5.74) is 3.36. The molecule has 0 amide bonds. The molecule has 1 aromatic carbocycles. The molecular weight excluding hydrogens is 184 g/mol. The van der Waals surface area contributed by atoms with E-state index >= 15 is 0 Å². The van der Waals surface area contributed by atoms with Gasteiger partial charge >= 0.3 is 0 Å². The van der Waals surface area contributed by atoms with Crippen LogP contribution in [0.3, 0.4) is 0 Å². The maximum absolute atomic E-state index is 5.64. The third kappa shape index (κ3) is 1.73. The fourth-order valence-corrected chi connectivity index (χ4v) is 1.77. The molecule has 1 heterocycles. The first-order chi connectivity index (χ1) is 7.36. The molecule has 1 nitrogen and oxygen atoms in total. The van der Waals surface area contributed by atoms with Crippen molar-refractivity contribution in [1.82, 2.24) is 0 Å². The Bertz CT molecular complexity index is 439. The van der Waals surface area contributed by atoms with E-state index in [9.17, 15) is 0 Å². The Kier molecular flexibility index (Phi) is 2.72. The second-order valence-electron chi connectivity index (χ2n) is 3.40. The van der Waals surface area contributed by atoms with E-state index in [1.807, 2.05) is 25.2 Å². The van der Waals surface area contributed by atoms with Crippen LogP contribution in [0.4, 0.5) is 0 Å². The number of ether oxygens (including phenoxy) is 1. The summed E-state index contributed by atoms with van der Waals surface area (Å²) in [6.45, 7) is 6.50. The normalized spacial score (nSPS) is 13.7. The van der Waals surface area contributed by atoms with Crippen molar-refractivity contribution in [1.29, 1.82) is 0 Å². The van der Waals surface area contributed by atoms with E-state index in [2.05, 4.69) is 30.9 Å². The van der Waals surface area contributed by atoms with Crippen LogP contribution in [0.1, 0.15) is 23.6 Å². The van der Waals surface area contributed by atoms with Gasteiger partial charge in [0.05, 0.1) is 0 Å². The van der Waals surface area contributed by atoms with Gasteiger partial charge in [-0.15, -0.1) is 0 Å². The Morgan fingerprint density at radius 1 is 1.40 bits per heavy atom. The molecule has 1 aromatic rings. The first-order valence-electron chi connectivity index (χ1n) is 5.08. The number of hydrogen-bond acceptors (Lipinski definition) is 1. The van der Waals surface area contributed by atoms with Crippen LogP contribution in [-0.4, -0.2) is 6.61 Å². The molecule has 76 valence electrons. The molecule has 0 saturated carbocycles. The number of benzene rings is 1. The SMILES string of the molecule is C=Cc1c(/C=C\C)ccc2c1OCC=C2. The van der Waals surface area contributed by atoms with Crippen LogP contribution in [0.15, 0.2) is 30.9 Å². The molecule has 0 aliphatic carbocycles. The van der Waals surface area contributed by atoms with Gasteiger partial charge in [0, 0.05) is 11.1 Å². The highest BCUT2D eigenvalue weighted by atomic mass is 16.5. The van der Waals surface area contributed by atoms with E-state index in [0.29, 0.717) is 6.61 Å². The van der Waals surface area contributed by atoms with Crippen LogP contribution < -0.4 is 4.74 Å². The van der Waals surface area contributed by atoms with E-state index in [1.165, 1.54) is 0 Å². The van der Waals surface area contributed by atoms with Gasteiger partial charge in [-0.25, -0.2) is 0 Å². The van der Waals surface area contributed by atoms with Crippen LogP contribution in [0.25, 0.3) is 18.2 Å². The Morgan fingerprint density at radius 3 is 3.00 bits per heavy atom. The van der Waals surface area contributed by atoms with Crippen LogP contribution in [0, 0.1) is 0 Å². The highest BCUT2D eigenvalue weighted by Gasteiger charge is 2.11. The molecule has 0 unspecified atom stereocenters. The first-order valence-corrected chi connectivity index (χ1v) is 5.08. The van der Waals surface area contributed by atoms with Crippen LogP contribution >= 0.6 is 0 Å². The summed E-state index contributed by atoms with van der Waals surface area (Å²) in [5.74, 6) is 0.947. The standard InChI is InChI=1S/C14H14O/c1-3-6-11-8-9-12-7-5-10-15-14(12)13(11)4-2/h3-9H,2,10H2,1H3/b6-3-. The van der Waals surface area contributed by atoms with Gasteiger partial charge in [-0.3, -0.25) is 0 Å². The van der Waals surface area contributed by atoms with Gasteiger partial charge in [0.2, 0.25) is 0 Å². The van der Waals surface area contributed by atoms with Gasteiger partial charge in [0.15, 0.2) is 0 Å². The fourth-order valence-electron chi connectivity index (χ4n) is 1.77. The van der Waals surface area contributed by atoms with Crippen molar-refractivity contribution in [2.24, 2.45) is 0 Å². The van der Waals surface area contributed by atoms with Crippen molar-refractivity contribution in [2.45, 2.75) is 6.92 Å². The predicted octanol–water partition coefficient (Wildman–Crippen LogP) is 3.77. The lowest BCUT2D eigenvalue weighted by atomic mass is 10.0. The zero-order valence-electron chi connectivity index (χ0n) is 8.86. The van der Waals surface area contributed by atoms with Crippen LogP contribution in [-0.2, 0) is 0 Å². The molecule has 0 spiro atoms. The van der Waals surface area contributed by atoms with Crippen molar-refractivity contribution in [2.75, 3.05) is 6.61 Å². The molecule has 0 fully saturated rings. The molecule has 1 aliphatic heterocycles. The van der Waals surface area contributed by atoms with E-state index in [4.69, 9.17) is 4.74 Å². The second-order valence-corrected chi connectivity index (χ2v) is 3.40. The zero-order valence-corrected chi connectivity index (χ0v) is 8.86. The largest absolute Gasteiger partial charge is 0.488 e. The maximum Gasteiger partial charge on any atom is 0.134 e. The first kappa shape index (κ1) is 9.78. The number of hydrogen-bond donors (Lipinski definition) is 0. The van der Waals surface area contributed by atoms with Gasteiger partial charge in [-0.2, -0.15) is 0 Å². The predicted molar refractivity (Wildman–Crippen MR) is 65.8 cm³/mol. The average molecular weight is 198 g/mol. The summed E-state index contributed by atoms with van der Waals surface area (Å²) in [6.07, 6.45) is 10.1. The van der Waals surface area contributed by atoms with Crippen LogP contribution in [0.5, 0.6) is 5.75 Å². The Hall–Kier alpha value is -1.76. The maximum atomic E-state index is 5.64. The van der Waals surface area contributed by atoms with E-state index in [0.717, 1.165) is 22.4 Å². The molecule has 0 saturated heterocycles. The molecule has 2 rings (SSSR count). The molecule has 0 N–H and O–H groups in total. The minimum atomic E-state index is 0.646. The van der Waals surface area contributed by atoms with Gasteiger partial charge in [-0.05, 0) is 18.6 Å². The second kappa shape index (κ2) is 4.18. The third-order valence-electron chi connectivity index (χ3n) is 2.43. The summed E-state index contributed by atoms with van der Waals surface area (Å²) in [6, 6.07) is 4.17. The average Bonchev–Trinajstić information content (AvgIpc) is 2.29. The third-order valence-corrected chi connectivity index (χ3v) is 2.43. The monoisotopic (exact) mass is 198 g/mol. The van der Waals surface area contributed by atoms with Gasteiger partial charge in [0.1, 0.15) is 12.4 Å². The minimum Gasteiger partial charge on any atom is -0.488 e. The Morgan fingerprint density at radius 2 is 2.27 bits per heavy atom. The Balaban J connectivity index is 2.62. The highest BCUT2D eigenvalue weighted by Crippen LogP contribution is 2.32. The quantitative estimate of drug-likeness (QED) is 0.703. The minimum absolute atomic E-state index is 0.646. The van der Waals surface area contributed by atoms with Gasteiger partial charge in [-0.1, -0.05) is 43.0 Å². The molecule has 1 aliphatic rings. The smallest absolute Gasteiger partial charge is 0.134 e.